The third kappa shape index (κ3) is 2.81. The standard InChI is InChI=1S/C35H22N2O4/c1-40-33(38)35(34(39)41-2)31-29-25-17-9-5-13-21(25)19-11-3-7-15-23(19)27(29)28-24-16-8-4-12-20(24)22-14-6-10-18-26(22)30(28)32(31)36-37-35/h3-18H,1-2H3. The molecule has 0 amide bonds. The molecule has 0 atom stereocenters. The van der Waals surface area contributed by atoms with Crippen molar-refractivity contribution in [1.29, 1.82) is 0 Å². The number of rotatable bonds is 2. The zero-order valence-corrected chi connectivity index (χ0v) is 22.3. The Hall–Kier alpha value is -5.36. The van der Waals surface area contributed by atoms with E-state index in [0.29, 0.717) is 11.3 Å². The largest absolute Gasteiger partial charge is 0.466 e. The predicted molar refractivity (Wildman–Crippen MR) is 162 cm³/mol. The molecular formula is C35H22N2O4. The van der Waals surface area contributed by atoms with Crippen LogP contribution in [0.2, 0.25) is 0 Å². The summed E-state index contributed by atoms with van der Waals surface area (Å²) in [6, 6.07) is 32.8. The number of azo groups is 1. The van der Waals surface area contributed by atoms with Crippen molar-refractivity contribution in [2.75, 3.05) is 14.2 Å². The van der Waals surface area contributed by atoms with Crippen LogP contribution in [0.4, 0.5) is 5.69 Å². The summed E-state index contributed by atoms with van der Waals surface area (Å²) in [5.74, 6) is -1.68. The minimum atomic E-state index is -2.11. The number of esters is 2. The molecule has 1 heterocycles. The molecule has 6 nitrogen and oxygen atoms in total. The van der Waals surface area contributed by atoms with Crippen molar-refractivity contribution in [3.63, 3.8) is 0 Å². The number of benzene rings is 7. The molecule has 6 heteroatoms. The van der Waals surface area contributed by atoms with Crippen LogP contribution in [0.3, 0.4) is 0 Å². The minimum Gasteiger partial charge on any atom is -0.466 e. The first-order valence-electron chi connectivity index (χ1n) is 13.3. The first-order chi connectivity index (χ1) is 20.1. The van der Waals surface area contributed by atoms with Crippen molar-refractivity contribution in [3.05, 3.63) is 103 Å². The topological polar surface area (TPSA) is 77.3 Å². The summed E-state index contributed by atoms with van der Waals surface area (Å²) in [5, 5.41) is 20.7. The molecule has 0 N–H and O–H groups in total. The van der Waals surface area contributed by atoms with Gasteiger partial charge in [-0.2, -0.15) is 10.2 Å². The molecule has 0 unspecified atom stereocenters. The van der Waals surface area contributed by atoms with Crippen molar-refractivity contribution in [1.82, 2.24) is 0 Å². The molecule has 0 aromatic heterocycles. The molecule has 7 aromatic carbocycles. The molecule has 1 aliphatic heterocycles. The third-order valence-electron chi connectivity index (χ3n) is 8.46. The highest BCUT2D eigenvalue weighted by Crippen LogP contribution is 2.56. The van der Waals surface area contributed by atoms with Crippen LogP contribution in [0.25, 0.3) is 64.6 Å². The van der Waals surface area contributed by atoms with Gasteiger partial charge in [-0.25, -0.2) is 9.59 Å². The lowest BCUT2D eigenvalue weighted by molar-refractivity contribution is -0.161. The molecule has 0 spiro atoms. The number of fused-ring (bicyclic) bond motifs is 16. The number of hydrogen-bond acceptors (Lipinski definition) is 6. The average Bonchev–Trinajstić information content (AvgIpc) is 3.45. The Morgan fingerprint density at radius 1 is 0.512 bits per heavy atom. The van der Waals surface area contributed by atoms with E-state index in [1.165, 1.54) is 14.2 Å². The summed E-state index contributed by atoms with van der Waals surface area (Å²) in [5.41, 5.74) is -1.24. The van der Waals surface area contributed by atoms with Gasteiger partial charge in [0, 0.05) is 16.3 Å². The van der Waals surface area contributed by atoms with Crippen LogP contribution in [-0.2, 0) is 24.6 Å². The van der Waals surface area contributed by atoms with Crippen LogP contribution >= 0.6 is 0 Å². The number of carbonyl (C=O) groups excluding carboxylic acids is 2. The number of carbonyl (C=O) groups is 2. The Balaban J connectivity index is 1.83. The quantitative estimate of drug-likeness (QED) is 0.127. The predicted octanol–water partition coefficient (Wildman–Crippen LogP) is 8.24. The van der Waals surface area contributed by atoms with Gasteiger partial charge in [-0.05, 0) is 53.9 Å². The van der Waals surface area contributed by atoms with Gasteiger partial charge >= 0.3 is 17.5 Å². The van der Waals surface area contributed by atoms with Crippen LogP contribution in [0.15, 0.2) is 107 Å². The van der Waals surface area contributed by atoms with Crippen LogP contribution in [-0.4, -0.2) is 26.2 Å². The molecule has 8 rings (SSSR count). The van der Waals surface area contributed by atoms with E-state index in [2.05, 4.69) is 52.7 Å². The zero-order valence-electron chi connectivity index (χ0n) is 22.3. The Morgan fingerprint density at radius 3 is 1.27 bits per heavy atom. The summed E-state index contributed by atoms with van der Waals surface area (Å²) >= 11 is 0. The smallest absolute Gasteiger partial charge is 0.352 e. The van der Waals surface area contributed by atoms with Gasteiger partial charge in [0.15, 0.2) is 0 Å². The first-order valence-corrected chi connectivity index (χ1v) is 13.3. The lowest BCUT2D eigenvalue weighted by Gasteiger charge is -2.25. The molecule has 196 valence electrons. The lowest BCUT2D eigenvalue weighted by Crippen LogP contribution is -2.42. The fourth-order valence-corrected chi connectivity index (χ4v) is 6.84. The van der Waals surface area contributed by atoms with E-state index in [9.17, 15) is 9.59 Å². The maximum Gasteiger partial charge on any atom is 0.352 e. The molecule has 41 heavy (non-hydrogen) atoms. The monoisotopic (exact) mass is 534 g/mol. The van der Waals surface area contributed by atoms with E-state index in [1.807, 2.05) is 54.6 Å². The Bertz CT molecular complexity index is 2320. The molecule has 0 aliphatic carbocycles. The lowest BCUT2D eigenvalue weighted by atomic mass is 9.78. The van der Waals surface area contributed by atoms with E-state index in [-0.39, 0.29) is 0 Å². The van der Waals surface area contributed by atoms with Crippen molar-refractivity contribution in [2.24, 2.45) is 10.2 Å². The third-order valence-corrected chi connectivity index (χ3v) is 8.46. The normalized spacial score (nSPS) is 13.9. The van der Waals surface area contributed by atoms with Gasteiger partial charge in [0.05, 0.1) is 14.2 Å². The highest BCUT2D eigenvalue weighted by atomic mass is 16.5. The van der Waals surface area contributed by atoms with Gasteiger partial charge in [-0.15, -0.1) is 0 Å². The SMILES string of the molecule is COC(=O)C1(C(=O)OC)N=Nc2c1c1c3ccccc3c3ccccc3c1c1c3ccccc3c3ccccc3c21. The number of nitrogens with zero attached hydrogens (tertiary/aromatic N) is 2. The van der Waals surface area contributed by atoms with Crippen LogP contribution in [0.5, 0.6) is 0 Å². The van der Waals surface area contributed by atoms with E-state index in [0.717, 1.165) is 64.6 Å². The summed E-state index contributed by atoms with van der Waals surface area (Å²) in [6.45, 7) is 0. The van der Waals surface area contributed by atoms with E-state index >= 15 is 0 Å². The Labute approximate surface area is 233 Å². The highest BCUT2D eigenvalue weighted by Gasteiger charge is 2.57. The van der Waals surface area contributed by atoms with Crippen molar-refractivity contribution >= 4 is 82.3 Å². The maximum absolute atomic E-state index is 13.7. The fraction of sp³-hybridized carbons (Fsp3) is 0.0857. The van der Waals surface area contributed by atoms with Gasteiger partial charge in [0.25, 0.3) is 0 Å². The zero-order chi connectivity index (χ0) is 27.9. The van der Waals surface area contributed by atoms with Crippen molar-refractivity contribution < 1.29 is 19.1 Å². The summed E-state index contributed by atoms with van der Waals surface area (Å²) in [6.07, 6.45) is 0. The molecule has 0 bridgehead atoms. The highest BCUT2D eigenvalue weighted by molar-refractivity contribution is 6.43. The summed E-state index contributed by atoms with van der Waals surface area (Å²) < 4.78 is 10.5. The Morgan fingerprint density at radius 2 is 0.854 bits per heavy atom. The summed E-state index contributed by atoms with van der Waals surface area (Å²) in [4.78, 5) is 27.4. The van der Waals surface area contributed by atoms with Crippen LogP contribution < -0.4 is 0 Å². The average molecular weight is 535 g/mol. The van der Waals surface area contributed by atoms with E-state index in [1.54, 1.807) is 0 Å². The van der Waals surface area contributed by atoms with Crippen molar-refractivity contribution in [3.8, 4) is 0 Å². The molecule has 7 aromatic rings. The number of ether oxygens (including phenoxy) is 2. The van der Waals surface area contributed by atoms with E-state index < -0.39 is 17.5 Å². The summed E-state index contributed by atoms with van der Waals surface area (Å²) in [7, 11) is 2.50. The number of methoxy groups -OCH3 is 2. The Kier molecular flexibility index (Phi) is 4.77. The molecule has 1 aliphatic rings. The first kappa shape index (κ1) is 23.5. The molecule has 0 fully saturated rings. The second-order valence-electron chi connectivity index (χ2n) is 10.3. The van der Waals surface area contributed by atoms with Crippen LogP contribution in [0, 0.1) is 0 Å². The second kappa shape index (κ2) is 8.32. The minimum absolute atomic E-state index is 0.390. The van der Waals surface area contributed by atoms with Gasteiger partial charge in [-0.1, -0.05) is 97.1 Å². The molecule has 0 saturated heterocycles. The van der Waals surface area contributed by atoms with Crippen molar-refractivity contribution in [2.45, 2.75) is 5.54 Å². The van der Waals surface area contributed by atoms with Gasteiger partial charge in [0.1, 0.15) is 5.69 Å². The number of hydrogen-bond donors (Lipinski definition) is 0. The molecule has 0 radical (unpaired) electrons. The van der Waals surface area contributed by atoms with Gasteiger partial charge < -0.3 is 9.47 Å². The fourth-order valence-electron chi connectivity index (χ4n) is 6.84. The van der Waals surface area contributed by atoms with Gasteiger partial charge in [-0.3, -0.25) is 0 Å². The van der Waals surface area contributed by atoms with Gasteiger partial charge in [0.2, 0.25) is 0 Å². The van der Waals surface area contributed by atoms with E-state index in [4.69, 9.17) is 9.47 Å². The van der Waals surface area contributed by atoms with Crippen LogP contribution in [0.1, 0.15) is 5.56 Å². The molecular weight excluding hydrogens is 512 g/mol. The second-order valence-corrected chi connectivity index (χ2v) is 10.3. The maximum atomic E-state index is 13.7. The molecule has 0 saturated carbocycles.